The number of aryl methyl sites for hydroxylation is 1. The van der Waals surface area contributed by atoms with Crippen LogP contribution >= 0.6 is 0 Å². The molecule has 4 rings (SSSR count). The second-order valence-electron chi connectivity index (χ2n) is 9.23. The van der Waals surface area contributed by atoms with Crippen molar-refractivity contribution in [2.45, 2.75) is 25.8 Å². The Bertz CT molecular complexity index is 1500. The molecular formula is C30H24F6N2O2. The Morgan fingerprint density at radius 3 is 2.00 bits per heavy atom. The van der Waals surface area contributed by atoms with Crippen molar-refractivity contribution in [1.29, 1.82) is 0 Å². The zero-order valence-corrected chi connectivity index (χ0v) is 21.7. The Kier molecular flexibility index (Phi) is 7.91. The summed E-state index contributed by atoms with van der Waals surface area (Å²) in [5.74, 6) is 0.0394. The van der Waals surface area contributed by atoms with Crippen LogP contribution in [0.3, 0.4) is 0 Å². The van der Waals surface area contributed by atoms with E-state index in [-0.39, 0.29) is 17.2 Å². The van der Waals surface area contributed by atoms with Gasteiger partial charge in [0.05, 0.1) is 29.5 Å². The van der Waals surface area contributed by atoms with Crippen molar-refractivity contribution in [2.24, 2.45) is 0 Å². The summed E-state index contributed by atoms with van der Waals surface area (Å²) in [7, 11) is 2.86. The van der Waals surface area contributed by atoms with Crippen LogP contribution in [0.1, 0.15) is 32.6 Å². The third kappa shape index (κ3) is 6.27. The molecule has 0 saturated heterocycles. The van der Waals surface area contributed by atoms with Crippen LogP contribution in [-0.2, 0) is 18.9 Å². The highest BCUT2D eigenvalue weighted by Gasteiger charge is 2.37. The second kappa shape index (κ2) is 11.0. The molecule has 1 aromatic heterocycles. The zero-order valence-electron chi connectivity index (χ0n) is 21.7. The summed E-state index contributed by atoms with van der Waals surface area (Å²) in [5.41, 5.74) is 0.396. The van der Waals surface area contributed by atoms with Crippen molar-refractivity contribution in [1.82, 2.24) is 9.88 Å². The molecule has 40 heavy (non-hydrogen) atoms. The number of halogens is 6. The SMILES string of the molecule is COc1ccc(-c2cc(-c3ccccc3C)c(C(=O)N(C)Cc3cc(C(F)(F)F)cc(C(F)(F)F)c3)cn2)cc1. The van der Waals surface area contributed by atoms with Gasteiger partial charge in [0.25, 0.3) is 5.91 Å². The number of nitrogens with zero attached hydrogens (tertiary/aromatic N) is 2. The van der Waals surface area contributed by atoms with Gasteiger partial charge in [0.15, 0.2) is 0 Å². The lowest BCUT2D eigenvalue weighted by atomic mass is 9.95. The Morgan fingerprint density at radius 1 is 0.850 bits per heavy atom. The zero-order chi connectivity index (χ0) is 29.2. The van der Waals surface area contributed by atoms with Crippen LogP contribution in [-0.4, -0.2) is 29.9 Å². The lowest BCUT2D eigenvalue weighted by Crippen LogP contribution is -2.27. The van der Waals surface area contributed by atoms with Crippen LogP contribution < -0.4 is 4.74 Å². The van der Waals surface area contributed by atoms with Crippen molar-refractivity contribution < 1.29 is 35.9 Å². The molecule has 0 spiro atoms. The average molecular weight is 559 g/mol. The van der Waals surface area contributed by atoms with E-state index < -0.39 is 35.9 Å². The number of hydrogen-bond acceptors (Lipinski definition) is 3. The number of carbonyl (C=O) groups is 1. The maximum Gasteiger partial charge on any atom is 0.416 e. The van der Waals surface area contributed by atoms with E-state index in [0.717, 1.165) is 21.6 Å². The molecule has 4 aromatic rings. The largest absolute Gasteiger partial charge is 0.497 e. The molecule has 0 saturated carbocycles. The van der Waals surface area contributed by atoms with Gasteiger partial charge in [-0.05, 0) is 77.7 Å². The van der Waals surface area contributed by atoms with E-state index in [0.29, 0.717) is 29.1 Å². The van der Waals surface area contributed by atoms with Crippen molar-refractivity contribution in [3.8, 4) is 28.1 Å². The van der Waals surface area contributed by atoms with E-state index in [9.17, 15) is 31.1 Å². The summed E-state index contributed by atoms with van der Waals surface area (Å²) < 4.78 is 85.2. The Labute approximate surface area is 226 Å². The molecule has 1 amide bonds. The van der Waals surface area contributed by atoms with Gasteiger partial charge in [0, 0.05) is 25.4 Å². The smallest absolute Gasteiger partial charge is 0.416 e. The molecule has 208 valence electrons. The Hall–Kier alpha value is -4.34. The summed E-state index contributed by atoms with van der Waals surface area (Å²) in [6.45, 7) is 1.38. The predicted octanol–water partition coefficient (Wildman–Crippen LogP) is 8.04. The van der Waals surface area contributed by atoms with E-state index in [4.69, 9.17) is 4.74 Å². The fourth-order valence-corrected chi connectivity index (χ4v) is 4.31. The summed E-state index contributed by atoms with van der Waals surface area (Å²) in [5, 5.41) is 0. The molecular weight excluding hydrogens is 534 g/mol. The first kappa shape index (κ1) is 28.7. The first-order chi connectivity index (χ1) is 18.8. The van der Waals surface area contributed by atoms with Gasteiger partial charge >= 0.3 is 12.4 Å². The van der Waals surface area contributed by atoms with Gasteiger partial charge < -0.3 is 9.64 Å². The van der Waals surface area contributed by atoms with Crippen molar-refractivity contribution >= 4 is 5.91 Å². The fraction of sp³-hybridized carbons (Fsp3) is 0.200. The van der Waals surface area contributed by atoms with E-state index in [1.165, 1.54) is 13.2 Å². The van der Waals surface area contributed by atoms with Crippen LogP contribution in [0.25, 0.3) is 22.4 Å². The molecule has 0 radical (unpaired) electrons. The minimum atomic E-state index is -4.99. The molecule has 0 N–H and O–H groups in total. The number of carbonyl (C=O) groups excluding carboxylic acids is 1. The minimum Gasteiger partial charge on any atom is -0.497 e. The number of aromatic nitrogens is 1. The number of rotatable bonds is 6. The number of pyridine rings is 1. The van der Waals surface area contributed by atoms with Gasteiger partial charge in [-0.1, -0.05) is 24.3 Å². The van der Waals surface area contributed by atoms with Gasteiger partial charge in [-0.25, -0.2) is 0 Å². The third-order valence-corrected chi connectivity index (χ3v) is 6.37. The molecule has 10 heteroatoms. The standard InChI is InChI=1S/C30H24F6N2O2/c1-18-6-4-5-7-24(18)25-15-27(20-8-10-23(40-3)11-9-20)37-16-26(25)28(39)38(2)17-19-12-21(29(31,32)33)14-22(13-19)30(34,35)36/h4-16H,17H2,1-3H3. The lowest BCUT2D eigenvalue weighted by molar-refractivity contribution is -0.143. The maximum atomic E-state index is 13.6. The van der Waals surface area contributed by atoms with Crippen LogP contribution in [0.4, 0.5) is 26.3 Å². The highest BCUT2D eigenvalue weighted by atomic mass is 19.4. The fourth-order valence-electron chi connectivity index (χ4n) is 4.31. The first-order valence-electron chi connectivity index (χ1n) is 12.0. The number of ether oxygens (including phenoxy) is 1. The monoisotopic (exact) mass is 558 g/mol. The quantitative estimate of drug-likeness (QED) is 0.225. The number of amides is 1. The third-order valence-electron chi connectivity index (χ3n) is 6.37. The van der Waals surface area contributed by atoms with Gasteiger partial charge in [-0.15, -0.1) is 0 Å². The molecule has 1 heterocycles. The lowest BCUT2D eigenvalue weighted by Gasteiger charge is -2.22. The van der Waals surface area contributed by atoms with Gasteiger partial charge in [-0.2, -0.15) is 26.3 Å². The van der Waals surface area contributed by atoms with Crippen LogP contribution in [0, 0.1) is 6.92 Å². The Balaban J connectivity index is 1.75. The summed E-state index contributed by atoms with van der Waals surface area (Å²) in [4.78, 5) is 19.1. The predicted molar refractivity (Wildman–Crippen MR) is 139 cm³/mol. The molecule has 4 nitrogen and oxygen atoms in total. The van der Waals surface area contributed by atoms with E-state index in [2.05, 4.69) is 4.98 Å². The van der Waals surface area contributed by atoms with Gasteiger partial charge in [0.1, 0.15) is 5.75 Å². The summed E-state index contributed by atoms with van der Waals surface area (Å²) >= 11 is 0. The van der Waals surface area contributed by atoms with Crippen molar-refractivity contribution in [3.05, 3.63) is 107 Å². The van der Waals surface area contributed by atoms with Gasteiger partial charge in [0.2, 0.25) is 0 Å². The number of benzene rings is 3. The summed E-state index contributed by atoms with van der Waals surface area (Å²) in [6.07, 6.45) is -8.61. The van der Waals surface area contributed by atoms with Crippen LogP contribution in [0.15, 0.2) is 79.0 Å². The molecule has 0 atom stereocenters. The van der Waals surface area contributed by atoms with Gasteiger partial charge in [-0.3, -0.25) is 9.78 Å². The minimum absolute atomic E-state index is 0.0589. The number of alkyl halides is 6. The normalized spacial score (nSPS) is 11.8. The highest BCUT2D eigenvalue weighted by molar-refractivity contribution is 6.01. The summed E-state index contributed by atoms with van der Waals surface area (Å²) in [6, 6.07) is 17.5. The van der Waals surface area contributed by atoms with Crippen LogP contribution in [0.2, 0.25) is 0 Å². The molecule has 0 unspecified atom stereocenters. The number of hydrogen-bond donors (Lipinski definition) is 0. The molecule has 0 aliphatic heterocycles. The highest BCUT2D eigenvalue weighted by Crippen LogP contribution is 2.37. The topological polar surface area (TPSA) is 42.4 Å². The Morgan fingerprint density at radius 2 is 1.45 bits per heavy atom. The van der Waals surface area contributed by atoms with E-state index in [1.54, 1.807) is 31.4 Å². The molecule has 0 fully saturated rings. The van der Waals surface area contributed by atoms with Crippen molar-refractivity contribution in [3.63, 3.8) is 0 Å². The molecule has 0 aliphatic rings. The van der Waals surface area contributed by atoms with E-state index >= 15 is 0 Å². The molecule has 0 aliphatic carbocycles. The molecule has 3 aromatic carbocycles. The van der Waals surface area contributed by atoms with Crippen molar-refractivity contribution in [2.75, 3.05) is 14.2 Å². The maximum absolute atomic E-state index is 13.6. The second-order valence-corrected chi connectivity index (χ2v) is 9.23. The number of methoxy groups -OCH3 is 1. The first-order valence-corrected chi connectivity index (χ1v) is 12.0. The average Bonchev–Trinajstić information content (AvgIpc) is 2.91. The van der Waals surface area contributed by atoms with Crippen LogP contribution in [0.5, 0.6) is 5.75 Å². The van der Waals surface area contributed by atoms with E-state index in [1.807, 2.05) is 37.3 Å². The molecule has 0 bridgehead atoms.